The predicted molar refractivity (Wildman–Crippen MR) is 56.4 cm³/mol. The molecule has 0 aromatic carbocycles. The number of hydrogen-bond acceptors (Lipinski definition) is 2. The predicted octanol–water partition coefficient (Wildman–Crippen LogP) is 2.75. The van der Waals surface area contributed by atoms with Crippen LogP contribution >= 0.6 is 11.6 Å². The van der Waals surface area contributed by atoms with Crippen molar-refractivity contribution in [2.75, 3.05) is 13.1 Å². The van der Waals surface area contributed by atoms with Crippen LogP contribution in [0, 0.1) is 0 Å². The lowest BCUT2D eigenvalue weighted by Gasteiger charge is -2.28. The highest BCUT2D eigenvalue weighted by atomic mass is 35.5. The van der Waals surface area contributed by atoms with Crippen LogP contribution in [0.4, 0.5) is 4.79 Å². The van der Waals surface area contributed by atoms with Gasteiger partial charge in [0, 0.05) is 27.2 Å². The van der Waals surface area contributed by atoms with Crippen LogP contribution in [0.1, 0.15) is 31.3 Å². The summed E-state index contributed by atoms with van der Waals surface area (Å²) in [4.78, 5) is 12.9. The lowest BCUT2D eigenvalue weighted by molar-refractivity contribution is 0.0267. The molecule has 0 N–H and O–H groups in total. The van der Waals surface area contributed by atoms with E-state index >= 15 is 0 Å². The summed E-state index contributed by atoms with van der Waals surface area (Å²) in [5.74, 6) is 0. The number of carbonyl (C=O) groups excluding carboxylic acids is 1. The van der Waals surface area contributed by atoms with Crippen molar-refractivity contribution in [3.8, 4) is 0 Å². The van der Waals surface area contributed by atoms with Crippen LogP contribution in [0.15, 0.2) is 11.1 Å². The first kappa shape index (κ1) is 7.57. The van der Waals surface area contributed by atoms with Gasteiger partial charge in [0.2, 0.25) is 0 Å². The van der Waals surface area contributed by atoms with Crippen LogP contribution in [0.2, 0.25) is 0 Å². The van der Waals surface area contributed by atoms with E-state index in [-0.39, 0.29) is 24.2 Å². The first-order chi connectivity index (χ1) is 7.53. The molecule has 1 aliphatic rings. The summed E-state index contributed by atoms with van der Waals surface area (Å²) in [7, 11) is 0. The van der Waals surface area contributed by atoms with E-state index in [1.807, 2.05) is 0 Å². The van der Waals surface area contributed by atoms with Crippen molar-refractivity contribution in [3.63, 3.8) is 0 Å². The van der Waals surface area contributed by atoms with Gasteiger partial charge in [-0.3, -0.25) is 0 Å². The quantitative estimate of drug-likeness (QED) is 0.628. The summed E-state index contributed by atoms with van der Waals surface area (Å²) >= 11 is 5.70. The number of rotatable bonds is 0. The third kappa shape index (κ3) is 3.58. The Balaban J connectivity index is 2.81. The molecule has 0 aromatic rings. The largest absolute Gasteiger partial charge is 0.444 e. The molecule has 0 bridgehead atoms. The van der Waals surface area contributed by atoms with Crippen LogP contribution < -0.4 is 0 Å². The minimum absolute atomic E-state index is 0.0206. The van der Waals surface area contributed by atoms with E-state index in [0.717, 1.165) is 4.90 Å². The zero-order valence-corrected chi connectivity index (χ0v) is 9.31. The fourth-order valence-corrected chi connectivity index (χ4v) is 1.02. The second-order valence-electron chi connectivity index (χ2n) is 4.00. The summed E-state index contributed by atoms with van der Waals surface area (Å²) in [6.07, 6.45) is -2.51. The number of nitrogens with zero attached hydrogens (tertiary/aromatic N) is 1. The summed E-state index contributed by atoms with van der Waals surface area (Å²) in [5.41, 5.74) is -0.642. The molecule has 0 spiro atoms. The Kier molecular flexibility index (Phi) is 2.28. The molecule has 80 valence electrons. The molecule has 0 unspecified atom stereocenters. The molecule has 1 rings (SSSR count). The zero-order chi connectivity index (χ0) is 13.4. The molecule has 3 nitrogen and oxygen atoms in total. The molecule has 0 aliphatic carbocycles. The summed E-state index contributed by atoms with van der Waals surface area (Å²) in [6.45, 7) is 4.98. The molecule has 0 aromatic heterocycles. The van der Waals surface area contributed by atoms with Crippen LogP contribution in [0.3, 0.4) is 0 Å². The van der Waals surface area contributed by atoms with Gasteiger partial charge in [-0.05, 0) is 20.8 Å². The van der Waals surface area contributed by atoms with Crippen molar-refractivity contribution < 1.29 is 13.6 Å². The molecule has 1 aliphatic heterocycles. The van der Waals surface area contributed by atoms with Crippen molar-refractivity contribution >= 4 is 17.7 Å². The fourth-order valence-electron chi connectivity index (χ4n) is 0.904. The van der Waals surface area contributed by atoms with Gasteiger partial charge in [-0.2, -0.15) is 0 Å². The minimum atomic E-state index is -1.88. The number of halogens is 1. The maximum absolute atomic E-state index is 11.7. The second-order valence-corrected chi connectivity index (χ2v) is 4.38. The third-order valence-corrected chi connectivity index (χ3v) is 1.77. The molecule has 0 saturated heterocycles. The summed E-state index contributed by atoms with van der Waals surface area (Å²) < 4.78 is 27.9. The highest BCUT2D eigenvalue weighted by Gasteiger charge is 2.22. The molecular formula is C10H16ClNO2. The number of ether oxygens (including phenoxy) is 1. The van der Waals surface area contributed by atoms with Gasteiger partial charge in [0.25, 0.3) is 0 Å². The van der Waals surface area contributed by atoms with Gasteiger partial charge in [-0.25, -0.2) is 4.79 Å². The number of hydrogen-bond donors (Lipinski definition) is 0. The average molecular weight is 221 g/mol. The first-order valence-electron chi connectivity index (χ1n) is 5.86. The van der Waals surface area contributed by atoms with E-state index in [1.165, 1.54) is 0 Å². The number of amides is 1. The third-order valence-electron chi connectivity index (χ3n) is 1.50. The topological polar surface area (TPSA) is 29.5 Å². The van der Waals surface area contributed by atoms with Gasteiger partial charge in [-0.1, -0.05) is 17.7 Å². The van der Waals surface area contributed by atoms with E-state index in [2.05, 4.69) is 0 Å². The molecule has 0 atom stereocenters. The van der Waals surface area contributed by atoms with Crippen LogP contribution in [-0.2, 0) is 4.74 Å². The van der Waals surface area contributed by atoms with E-state index in [9.17, 15) is 4.79 Å². The zero-order valence-electron chi connectivity index (χ0n) is 11.6. The van der Waals surface area contributed by atoms with Crippen molar-refractivity contribution in [1.29, 1.82) is 0 Å². The van der Waals surface area contributed by atoms with E-state index in [4.69, 9.17) is 20.5 Å². The molecule has 14 heavy (non-hydrogen) atoms. The van der Waals surface area contributed by atoms with Gasteiger partial charge in [0.1, 0.15) is 5.60 Å². The van der Waals surface area contributed by atoms with Gasteiger partial charge >= 0.3 is 6.09 Å². The van der Waals surface area contributed by atoms with Crippen molar-refractivity contribution in [1.82, 2.24) is 4.90 Å². The lowest BCUT2D eigenvalue weighted by atomic mass is 10.2. The summed E-state index contributed by atoms with van der Waals surface area (Å²) in [6, 6.07) is -0.0891. The van der Waals surface area contributed by atoms with Crippen LogP contribution in [0.25, 0.3) is 0 Å². The Bertz CT molecular complexity index is 363. The maximum atomic E-state index is 11.7. The average Bonchev–Trinajstić information content (AvgIpc) is 2.10. The van der Waals surface area contributed by atoms with Crippen molar-refractivity contribution in [3.05, 3.63) is 11.1 Å². The van der Waals surface area contributed by atoms with Crippen LogP contribution in [-0.4, -0.2) is 29.7 Å². The first-order valence-corrected chi connectivity index (χ1v) is 4.74. The van der Waals surface area contributed by atoms with Gasteiger partial charge in [-0.15, -0.1) is 0 Å². The molecule has 1 heterocycles. The second kappa shape index (κ2) is 4.22. The SMILES string of the molecule is [2H]C1=C(Cl)C([2H])([2H])CN(C(=O)OC(C)(C)C)C1. The van der Waals surface area contributed by atoms with Gasteiger partial charge in [0.05, 0.1) is 1.37 Å². The Morgan fingerprint density at radius 1 is 1.79 bits per heavy atom. The Morgan fingerprint density at radius 2 is 2.43 bits per heavy atom. The Labute approximate surface area is 93.9 Å². The maximum Gasteiger partial charge on any atom is 0.410 e. The smallest absolute Gasteiger partial charge is 0.410 e. The Hall–Kier alpha value is -0.700. The summed E-state index contributed by atoms with van der Waals surface area (Å²) in [5, 5.41) is -0.141. The highest BCUT2D eigenvalue weighted by Crippen LogP contribution is 2.16. The standard InChI is InChI=1S/C10H16ClNO2/c1-10(2,3)14-9(13)12-6-4-8(11)5-7-12/h4H,5-7H2,1-3H3/i4D,5D2. The van der Waals surface area contributed by atoms with E-state index in [1.54, 1.807) is 20.8 Å². The molecule has 0 saturated carbocycles. The molecule has 0 fully saturated rings. The molecule has 1 amide bonds. The fraction of sp³-hybridized carbons (Fsp3) is 0.700. The number of carbonyl (C=O) groups is 1. The minimum Gasteiger partial charge on any atom is -0.444 e. The molecular weight excluding hydrogens is 202 g/mol. The lowest BCUT2D eigenvalue weighted by Crippen LogP contribution is -2.38. The highest BCUT2D eigenvalue weighted by molar-refractivity contribution is 6.29. The van der Waals surface area contributed by atoms with Gasteiger partial charge < -0.3 is 9.64 Å². The van der Waals surface area contributed by atoms with Crippen molar-refractivity contribution in [2.24, 2.45) is 0 Å². The molecule has 4 heteroatoms. The normalized spacial score (nSPS) is 25.1. The van der Waals surface area contributed by atoms with Crippen molar-refractivity contribution in [2.45, 2.75) is 32.7 Å². The monoisotopic (exact) mass is 220 g/mol. The Morgan fingerprint density at radius 3 is 2.93 bits per heavy atom. The van der Waals surface area contributed by atoms with Crippen LogP contribution in [0.5, 0.6) is 0 Å². The van der Waals surface area contributed by atoms with E-state index < -0.39 is 18.1 Å². The molecule has 0 radical (unpaired) electrons. The van der Waals surface area contributed by atoms with E-state index in [0.29, 0.717) is 0 Å². The van der Waals surface area contributed by atoms with Gasteiger partial charge in [0.15, 0.2) is 0 Å².